The fourth-order valence-corrected chi connectivity index (χ4v) is 1.94. The van der Waals surface area contributed by atoms with Gasteiger partial charge in [0.25, 0.3) is 0 Å². The predicted octanol–water partition coefficient (Wildman–Crippen LogP) is 3.95. The largest absolute Gasteiger partial charge is 0.505 e. The van der Waals surface area contributed by atoms with Crippen molar-refractivity contribution in [1.82, 2.24) is 4.98 Å². The molecule has 0 radical (unpaired) electrons. The van der Waals surface area contributed by atoms with E-state index in [1.165, 1.54) is 12.1 Å². The van der Waals surface area contributed by atoms with Crippen LogP contribution in [0.25, 0.3) is 0 Å². The van der Waals surface area contributed by atoms with Crippen molar-refractivity contribution < 1.29 is 9.50 Å². The standard InChI is InChI=1S/C12H9BrClFN2O/c13-8-4-10(12(14)17-6-8)16-5-7-2-1-3-9(15)11(7)18/h1-4,6,16,18H,5H2. The van der Waals surface area contributed by atoms with Gasteiger partial charge in [0.2, 0.25) is 0 Å². The third-order valence-corrected chi connectivity index (χ3v) is 3.08. The highest BCUT2D eigenvalue weighted by molar-refractivity contribution is 9.10. The van der Waals surface area contributed by atoms with Crippen molar-refractivity contribution in [2.75, 3.05) is 5.32 Å². The summed E-state index contributed by atoms with van der Waals surface area (Å²) < 4.78 is 13.9. The first-order valence-corrected chi connectivity index (χ1v) is 6.26. The maximum absolute atomic E-state index is 13.1. The molecule has 2 aromatic rings. The number of aromatic nitrogens is 1. The summed E-state index contributed by atoms with van der Waals surface area (Å²) in [5.74, 6) is -1.00. The Morgan fingerprint density at radius 2 is 2.22 bits per heavy atom. The van der Waals surface area contributed by atoms with Crippen LogP contribution in [0.15, 0.2) is 34.9 Å². The fraction of sp³-hybridized carbons (Fsp3) is 0.0833. The zero-order valence-corrected chi connectivity index (χ0v) is 11.5. The van der Waals surface area contributed by atoms with Crippen LogP contribution in [-0.2, 0) is 6.54 Å². The molecule has 2 N–H and O–H groups in total. The van der Waals surface area contributed by atoms with Gasteiger partial charge < -0.3 is 10.4 Å². The minimum absolute atomic E-state index is 0.251. The average molecular weight is 332 g/mol. The molecule has 0 atom stereocenters. The monoisotopic (exact) mass is 330 g/mol. The van der Waals surface area contributed by atoms with Gasteiger partial charge in [0.05, 0.1) is 5.69 Å². The van der Waals surface area contributed by atoms with Gasteiger partial charge in [-0.25, -0.2) is 9.37 Å². The Kier molecular flexibility index (Phi) is 4.04. The molecule has 0 fully saturated rings. The minimum Gasteiger partial charge on any atom is -0.505 e. The van der Waals surface area contributed by atoms with Gasteiger partial charge in [0.15, 0.2) is 16.7 Å². The van der Waals surface area contributed by atoms with Crippen molar-refractivity contribution in [3.63, 3.8) is 0 Å². The van der Waals surface area contributed by atoms with Crippen molar-refractivity contribution >= 4 is 33.2 Å². The Balaban J connectivity index is 2.16. The summed E-state index contributed by atoms with van der Waals surface area (Å²) in [6.45, 7) is 0.251. The van der Waals surface area contributed by atoms with E-state index in [2.05, 4.69) is 26.2 Å². The highest BCUT2D eigenvalue weighted by atomic mass is 79.9. The van der Waals surface area contributed by atoms with Crippen LogP contribution in [0.5, 0.6) is 5.75 Å². The molecule has 0 unspecified atom stereocenters. The Morgan fingerprint density at radius 3 is 3.00 bits per heavy atom. The predicted molar refractivity (Wildman–Crippen MR) is 72.3 cm³/mol. The van der Waals surface area contributed by atoms with E-state index in [4.69, 9.17) is 11.6 Å². The topological polar surface area (TPSA) is 45.1 Å². The van der Waals surface area contributed by atoms with Crippen molar-refractivity contribution in [1.29, 1.82) is 0 Å². The second-order valence-electron chi connectivity index (χ2n) is 3.59. The number of benzene rings is 1. The van der Waals surface area contributed by atoms with Crippen LogP contribution in [0.3, 0.4) is 0 Å². The molecule has 18 heavy (non-hydrogen) atoms. The molecule has 94 valence electrons. The van der Waals surface area contributed by atoms with Crippen molar-refractivity contribution in [2.24, 2.45) is 0 Å². The van der Waals surface area contributed by atoms with Crippen LogP contribution in [0.2, 0.25) is 5.15 Å². The van der Waals surface area contributed by atoms with E-state index in [1.54, 1.807) is 18.3 Å². The number of hydrogen-bond donors (Lipinski definition) is 2. The maximum Gasteiger partial charge on any atom is 0.165 e. The molecular weight excluding hydrogens is 322 g/mol. The first-order chi connectivity index (χ1) is 8.58. The molecule has 1 heterocycles. The van der Waals surface area contributed by atoms with Crippen LogP contribution in [-0.4, -0.2) is 10.1 Å². The number of anilines is 1. The van der Waals surface area contributed by atoms with Crippen molar-refractivity contribution in [3.05, 3.63) is 51.5 Å². The first-order valence-electron chi connectivity index (χ1n) is 5.09. The van der Waals surface area contributed by atoms with Crippen LogP contribution >= 0.6 is 27.5 Å². The second kappa shape index (κ2) is 5.54. The number of phenolic OH excluding ortho intramolecular Hbond substituents is 1. The number of pyridine rings is 1. The van der Waals surface area contributed by atoms with E-state index in [0.717, 1.165) is 4.47 Å². The van der Waals surface area contributed by atoms with Gasteiger partial charge >= 0.3 is 0 Å². The summed E-state index contributed by atoms with van der Waals surface area (Å²) in [5.41, 5.74) is 1.06. The minimum atomic E-state index is -0.646. The molecule has 0 saturated carbocycles. The van der Waals surface area contributed by atoms with E-state index < -0.39 is 5.82 Å². The number of nitrogens with one attached hydrogen (secondary N) is 1. The molecule has 0 amide bonds. The molecule has 0 bridgehead atoms. The van der Waals surface area contributed by atoms with Gasteiger partial charge in [-0.3, -0.25) is 0 Å². The molecular formula is C12H9BrClFN2O. The summed E-state index contributed by atoms with van der Waals surface area (Å²) in [6.07, 6.45) is 1.58. The molecule has 6 heteroatoms. The number of halogens is 3. The maximum atomic E-state index is 13.1. The zero-order valence-electron chi connectivity index (χ0n) is 9.12. The first kappa shape index (κ1) is 13.1. The smallest absolute Gasteiger partial charge is 0.165 e. The van der Waals surface area contributed by atoms with Gasteiger partial charge in [-0.2, -0.15) is 0 Å². The van der Waals surface area contributed by atoms with Crippen LogP contribution in [0.1, 0.15) is 5.56 Å². The lowest BCUT2D eigenvalue weighted by Gasteiger charge is -2.09. The van der Waals surface area contributed by atoms with Crippen molar-refractivity contribution in [3.8, 4) is 5.75 Å². The molecule has 0 aliphatic heterocycles. The molecule has 1 aromatic heterocycles. The third kappa shape index (κ3) is 2.91. The van der Waals surface area contributed by atoms with Crippen LogP contribution < -0.4 is 5.32 Å². The van der Waals surface area contributed by atoms with Gasteiger partial charge in [-0.05, 0) is 28.1 Å². The molecule has 0 spiro atoms. The van der Waals surface area contributed by atoms with E-state index >= 15 is 0 Å². The summed E-state index contributed by atoms with van der Waals surface area (Å²) in [4.78, 5) is 3.95. The lowest BCUT2D eigenvalue weighted by Crippen LogP contribution is -2.01. The fourth-order valence-electron chi connectivity index (χ4n) is 1.44. The summed E-state index contributed by atoms with van der Waals surface area (Å²) in [6, 6.07) is 6.12. The van der Waals surface area contributed by atoms with E-state index in [-0.39, 0.29) is 12.3 Å². The van der Waals surface area contributed by atoms with E-state index in [9.17, 15) is 9.50 Å². The Morgan fingerprint density at radius 1 is 1.44 bits per heavy atom. The molecule has 3 nitrogen and oxygen atoms in total. The molecule has 1 aromatic carbocycles. The Bertz CT molecular complexity index is 578. The van der Waals surface area contributed by atoms with Gasteiger partial charge in [0.1, 0.15) is 0 Å². The lowest BCUT2D eigenvalue weighted by molar-refractivity contribution is 0.427. The van der Waals surface area contributed by atoms with Crippen LogP contribution in [0, 0.1) is 5.82 Å². The normalized spacial score (nSPS) is 10.4. The number of rotatable bonds is 3. The van der Waals surface area contributed by atoms with Gasteiger partial charge in [-0.1, -0.05) is 23.7 Å². The highest BCUT2D eigenvalue weighted by Gasteiger charge is 2.07. The molecule has 2 rings (SSSR count). The molecule has 0 aliphatic carbocycles. The Hall–Kier alpha value is -1.33. The second-order valence-corrected chi connectivity index (χ2v) is 4.87. The summed E-state index contributed by atoms with van der Waals surface area (Å²) in [7, 11) is 0. The van der Waals surface area contributed by atoms with Gasteiger partial charge in [0, 0.05) is 22.8 Å². The molecule has 0 aliphatic rings. The van der Waals surface area contributed by atoms with Crippen molar-refractivity contribution in [2.45, 2.75) is 6.54 Å². The molecule has 0 saturated heterocycles. The quantitative estimate of drug-likeness (QED) is 0.837. The SMILES string of the molecule is Oc1c(F)cccc1CNc1cc(Br)cnc1Cl. The van der Waals surface area contributed by atoms with Crippen LogP contribution in [0.4, 0.5) is 10.1 Å². The summed E-state index contributed by atoms with van der Waals surface area (Å²) >= 11 is 9.18. The number of para-hydroxylation sites is 1. The average Bonchev–Trinajstić information content (AvgIpc) is 2.35. The summed E-state index contributed by atoms with van der Waals surface area (Å²) in [5, 5.41) is 12.8. The number of phenols is 1. The zero-order chi connectivity index (χ0) is 13.1. The number of aromatic hydroxyl groups is 1. The third-order valence-electron chi connectivity index (χ3n) is 2.35. The Labute approximate surface area is 117 Å². The number of hydrogen-bond acceptors (Lipinski definition) is 3. The number of nitrogens with zero attached hydrogens (tertiary/aromatic N) is 1. The lowest BCUT2D eigenvalue weighted by atomic mass is 10.2. The highest BCUT2D eigenvalue weighted by Crippen LogP contribution is 2.26. The van der Waals surface area contributed by atoms with E-state index in [1.807, 2.05) is 0 Å². The van der Waals surface area contributed by atoms with E-state index in [0.29, 0.717) is 16.4 Å². The van der Waals surface area contributed by atoms with Gasteiger partial charge in [-0.15, -0.1) is 0 Å².